The molecule has 1 N–H and O–H groups in total. The van der Waals surface area contributed by atoms with E-state index in [4.69, 9.17) is 4.74 Å². The summed E-state index contributed by atoms with van der Waals surface area (Å²) in [6, 6.07) is 11.6. The van der Waals surface area contributed by atoms with Crippen LogP contribution in [0.25, 0.3) is 0 Å². The molecule has 2 aliphatic rings. The van der Waals surface area contributed by atoms with E-state index in [0.29, 0.717) is 24.8 Å². The van der Waals surface area contributed by atoms with Crippen LogP contribution in [0.15, 0.2) is 36.4 Å². The number of anilines is 1. The minimum Gasteiger partial charge on any atom is -0.492 e. The summed E-state index contributed by atoms with van der Waals surface area (Å²) in [5.41, 5.74) is 2.09. The van der Waals surface area contributed by atoms with Gasteiger partial charge in [0.05, 0.1) is 11.6 Å². The van der Waals surface area contributed by atoms with Crippen molar-refractivity contribution < 1.29 is 9.53 Å². The van der Waals surface area contributed by atoms with E-state index >= 15 is 0 Å². The van der Waals surface area contributed by atoms with E-state index in [-0.39, 0.29) is 11.8 Å². The largest absolute Gasteiger partial charge is 0.492 e. The number of fused-ring (bicyclic) bond motifs is 1. The van der Waals surface area contributed by atoms with Gasteiger partial charge in [0.1, 0.15) is 12.4 Å². The highest BCUT2D eigenvalue weighted by atomic mass is 16.5. The number of hydrogen-bond donors (Lipinski definition) is 1. The Balaban J connectivity index is 1.42. The maximum absolute atomic E-state index is 12.3. The molecule has 1 aliphatic carbocycles. The number of nitrogens with one attached hydrogen (secondary N) is 1. The van der Waals surface area contributed by atoms with Crippen LogP contribution in [-0.4, -0.2) is 22.7 Å². The Hall–Kier alpha value is -2.43. The minimum atomic E-state index is -0.195. The zero-order valence-electron chi connectivity index (χ0n) is 12.2. The lowest BCUT2D eigenvalue weighted by Gasteiger charge is -2.24. The molecule has 1 fully saturated rings. The van der Waals surface area contributed by atoms with Gasteiger partial charge in [0.15, 0.2) is 5.82 Å². The number of para-hydroxylation sites is 1. The average Bonchev–Trinajstić information content (AvgIpc) is 3.40. The number of ether oxygens (including phenoxy) is 1. The van der Waals surface area contributed by atoms with Gasteiger partial charge in [-0.1, -0.05) is 18.2 Å². The maximum atomic E-state index is 12.3. The monoisotopic (exact) mass is 295 g/mol. The summed E-state index contributed by atoms with van der Waals surface area (Å²) in [7, 11) is 0. The highest BCUT2D eigenvalue weighted by molar-refractivity contribution is 5.92. The van der Waals surface area contributed by atoms with E-state index in [9.17, 15) is 4.79 Å². The number of hydrogen-bond acceptors (Lipinski definition) is 4. The first-order valence-corrected chi connectivity index (χ1v) is 7.65. The lowest BCUT2D eigenvalue weighted by Crippen LogP contribution is -2.32. The minimum absolute atomic E-state index is 0.0667. The SMILES string of the molecule is O=C(Nc1ccc(C2CC2)nn1)C1COc2ccccc2C1. The fourth-order valence-corrected chi connectivity index (χ4v) is 2.73. The average molecular weight is 295 g/mol. The zero-order valence-corrected chi connectivity index (χ0v) is 12.2. The first-order valence-electron chi connectivity index (χ1n) is 7.65. The van der Waals surface area contributed by atoms with Crippen molar-refractivity contribution in [1.29, 1.82) is 0 Å². The summed E-state index contributed by atoms with van der Waals surface area (Å²) in [5.74, 6) is 1.69. The van der Waals surface area contributed by atoms with Crippen LogP contribution >= 0.6 is 0 Å². The number of rotatable bonds is 3. The quantitative estimate of drug-likeness (QED) is 0.945. The molecule has 0 spiro atoms. The third kappa shape index (κ3) is 2.66. The van der Waals surface area contributed by atoms with Gasteiger partial charge < -0.3 is 10.1 Å². The molecule has 2 aromatic rings. The van der Waals surface area contributed by atoms with E-state index in [0.717, 1.165) is 17.0 Å². The van der Waals surface area contributed by atoms with E-state index in [2.05, 4.69) is 15.5 Å². The first-order chi connectivity index (χ1) is 10.8. The molecule has 2 heterocycles. The van der Waals surface area contributed by atoms with Gasteiger partial charge in [-0.15, -0.1) is 5.10 Å². The topological polar surface area (TPSA) is 64.1 Å². The normalized spacial score (nSPS) is 19.9. The maximum Gasteiger partial charge on any atom is 0.232 e. The molecular formula is C17H17N3O2. The van der Waals surface area contributed by atoms with Crippen molar-refractivity contribution in [2.24, 2.45) is 5.92 Å². The second-order valence-electron chi connectivity index (χ2n) is 5.93. The molecule has 1 aromatic heterocycles. The van der Waals surface area contributed by atoms with Crippen LogP contribution in [0.2, 0.25) is 0 Å². The van der Waals surface area contributed by atoms with E-state index < -0.39 is 0 Å². The molecule has 0 radical (unpaired) electrons. The second-order valence-corrected chi connectivity index (χ2v) is 5.93. The Bertz CT molecular complexity index is 695. The van der Waals surface area contributed by atoms with E-state index in [1.807, 2.05) is 36.4 Å². The van der Waals surface area contributed by atoms with Gasteiger partial charge in [-0.25, -0.2) is 0 Å². The zero-order chi connectivity index (χ0) is 14.9. The molecule has 5 nitrogen and oxygen atoms in total. The van der Waals surface area contributed by atoms with Gasteiger partial charge in [-0.05, 0) is 43.0 Å². The van der Waals surface area contributed by atoms with Crippen LogP contribution in [-0.2, 0) is 11.2 Å². The predicted molar refractivity (Wildman–Crippen MR) is 81.8 cm³/mol. The van der Waals surface area contributed by atoms with Gasteiger partial charge in [0.2, 0.25) is 5.91 Å². The van der Waals surface area contributed by atoms with Crippen molar-refractivity contribution in [2.45, 2.75) is 25.2 Å². The highest BCUT2D eigenvalue weighted by Crippen LogP contribution is 2.38. The predicted octanol–water partition coefficient (Wildman–Crippen LogP) is 2.54. The summed E-state index contributed by atoms with van der Waals surface area (Å²) in [5, 5.41) is 11.1. The van der Waals surface area contributed by atoms with Crippen molar-refractivity contribution in [2.75, 3.05) is 11.9 Å². The molecular weight excluding hydrogens is 278 g/mol. The van der Waals surface area contributed by atoms with Crippen molar-refractivity contribution >= 4 is 11.7 Å². The molecule has 5 heteroatoms. The number of nitrogens with zero attached hydrogens (tertiary/aromatic N) is 2. The lowest BCUT2D eigenvalue weighted by molar-refractivity contribution is -0.121. The number of carbonyl (C=O) groups excluding carboxylic acids is 1. The standard InChI is InChI=1S/C17H17N3O2/c21-17(13-9-12-3-1-2-4-15(12)22-10-13)18-16-8-7-14(19-20-16)11-5-6-11/h1-4,7-8,11,13H,5-6,9-10H2,(H,18,20,21). The molecule has 1 atom stereocenters. The van der Waals surface area contributed by atoms with Crippen molar-refractivity contribution in [3.05, 3.63) is 47.7 Å². The van der Waals surface area contributed by atoms with Crippen LogP contribution in [0.4, 0.5) is 5.82 Å². The summed E-state index contributed by atoms with van der Waals surface area (Å²) >= 11 is 0. The van der Waals surface area contributed by atoms with Gasteiger partial charge in [-0.2, -0.15) is 5.10 Å². The molecule has 4 rings (SSSR count). The van der Waals surface area contributed by atoms with E-state index in [1.165, 1.54) is 12.8 Å². The van der Waals surface area contributed by atoms with Crippen LogP contribution in [0.5, 0.6) is 5.75 Å². The summed E-state index contributed by atoms with van der Waals surface area (Å²) < 4.78 is 5.66. The molecule has 1 amide bonds. The van der Waals surface area contributed by atoms with Gasteiger partial charge in [0, 0.05) is 5.92 Å². The molecule has 1 unspecified atom stereocenters. The first kappa shape index (κ1) is 13.2. The molecule has 1 aromatic carbocycles. The van der Waals surface area contributed by atoms with Gasteiger partial charge >= 0.3 is 0 Å². The van der Waals surface area contributed by atoms with Crippen molar-refractivity contribution in [3.8, 4) is 5.75 Å². The van der Waals surface area contributed by atoms with Gasteiger partial charge in [-0.3, -0.25) is 4.79 Å². The fourth-order valence-electron chi connectivity index (χ4n) is 2.73. The number of aromatic nitrogens is 2. The number of amides is 1. The van der Waals surface area contributed by atoms with Crippen LogP contribution in [0, 0.1) is 5.92 Å². The molecule has 112 valence electrons. The number of carbonyl (C=O) groups is 1. The summed E-state index contributed by atoms with van der Waals surface area (Å²) in [6.07, 6.45) is 3.08. The summed E-state index contributed by atoms with van der Waals surface area (Å²) in [4.78, 5) is 12.3. The molecule has 1 aliphatic heterocycles. The number of benzene rings is 1. The Labute approximate surface area is 128 Å². The Morgan fingerprint density at radius 1 is 1.14 bits per heavy atom. The third-order valence-corrected chi connectivity index (χ3v) is 4.18. The van der Waals surface area contributed by atoms with Crippen molar-refractivity contribution in [3.63, 3.8) is 0 Å². The second kappa shape index (κ2) is 5.40. The molecule has 1 saturated carbocycles. The highest BCUT2D eigenvalue weighted by Gasteiger charge is 2.27. The van der Waals surface area contributed by atoms with Crippen LogP contribution < -0.4 is 10.1 Å². The van der Waals surface area contributed by atoms with Crippen molar-refractivity contribution in [1.82, 2.24) is 10.2 Å². The fraction of sp³-hybridized carbons (Fsp3) is 0.353. The Kier molecular flexibility index (Phi) is 3.25. The molecule has 22 heavy (non-hydrogen) atoms. The smallest absolute Gasteiger partial charge is 0.232 e. The van der Waals surface area contributed by atoms with Gasteiger partial charge in [0.25, 0.3) is 0 Å². The summed E-state index contributed by atoms with van der Waals surface area (Å²) in [6.45, 7) is 0.399. The van der Waals surface area contributed by atoms with Crippen LogP contribution in [0.1, 0.15) is 30.0 Å². The Morgan fingerprint density at radius 2 is 2.00 bits per heavy atom. The Morgan fingerprint density at radius 3 is 2.77 bits per heavy atom. The molecule has 0 bridgehead atoms. The lowest BCUT2D eigenvalue weighted by atomic mass is 9.96. The third-order valence-electron chi connectivity index (χ3n) is 4.18. The van der Waals surface area contributed by atoms with Crippen LogP contribution in [0.3, 0.4) is 0 Å². The molecule has 0 saturated heterocycles. The van der Waals surface area contributed by atoms with E-state index in [1.54, 1.807) is 0 Å².